The minimum Gasteiger partial charge on any atom is -0.496 e. The molecule has 110 valence electrons. The van der Waals surface area contributed by atoms with Crippen molar-refractivity contribution in [2.24, 2.45) is 0 Å². The van der Waals surface area contributed by atoms with Gasteiger partial charge in [0.1, 0.15) is 5.75 Å². The number of benzene rings is 1. The first-order valence-corrected chi connectivity index (χ1v) is 6.45. The highest BCUT2D eigenvalue weighted by Gasteiger charge is 2.17. The van der Waals surface area contributed by atoms with E-state index >= 15 is 0 Å². The second-order valence-electron chi connectivity index (χ2n) is 4.27. The average Bonchev–Trinajstić information content (AvgIpc) is 2.48. The Hall–Kier alpha value is -2.41. The first-order valence-electron chi connectivity index (χ1n) is 6.07. The standard InChI is InChI=1S/C13H13ClN4O3/c1-8(17-13-15-6-9(14)7-16-13)11-5-10(18(19)20)3-4-12(11)21-2/h3-8H,1-2H3,(H,15,16,17)/t8-/m0/s1. The van der Waals surface area contributed by atoms with E-state index in [0.717, 1.165) is 0 Å². The minimum atomic E-state index is -0.450. The van der Waals surface area contributed by atoms with Crippen molar-refractivity contribution in [1.82, 2.24) is 9.97 Å². The Morgan fingerprint density at radius 3 is 2.62 bits per heavy atom. The Morgan fingerprint density at radius 1 is 1.38 bits per heavy atom. The number of halogens is 1. The number of non-ortho nitro benzene ring substituents is 1. The molecule has 1 heterocycles. The first-order chi connectivity index (χ1) is 10.0. The lowest BCUT2D eigenvalue weighted by Crippen LogP contribution is -2.10. The first kappa shape index (κ1) is 15.0. The van der Waals surface area contributed by atoms with Gasteiger partial charge in [-0.2, -0.15) is 0 Å². The number of hydrogen-bond acceptors (Lipinski definition) is 6. The van der Waals surface area contributed by atoms with E-state index in [-0.39, 0.29) is 11.7 Å². The molecule has 0 spiro atoms. The van der Waals surface area contributed by atoms with Crippen LogP contribution in [0.4, 0.5) is 11.6 Å². The largest absolute Gasteiger partial charge is 0.496 e. The summed E-state index contributed by atoms with van der Waals surface area (Å²) in [4.78, 5) is 18.5. The van der Waals surface area contributed by atoms with Crippen LogP contribution in [-0.4, -0.2) is 22.0 Å². The fourth-order valence-corrected chi connectivity index (χ4v) is 1.93. The lowest BCUT2D eigenvalue weighted by molar-refractivity contribution is -0.384. The lowest BCUT2D eigenvalue weighted by Gasteiger charge is -2.17. The third-order valence-electron chi connectivity index (χ3n) is 2.86. The molecular formula is C13H13ClN4O3. The van der Waals surface area contributed by atoms with E-state index in [1.165, 1.54) is 31.6 Å². The molecule has 0 radical (unpaired) electrons. The van der Waals surface area contributed by atoms with Crippen molar-refractivity contribution in [3.63, 3.8) is 0 Å². The monoisotopic (exact) mass is 308 g/mol. The number of rotatable bonds is 5. The highest BCUT2D eigenvalue weighted by atomic mass is 35.5. The predicted octanol–water partition coefficient (Wildman–Crippen LogP) is 3.22. The van der Waals surface area contributed by atoms with Gasteiger partial charge in [0.15, 0.2) is 0 Å². The number of nitro groups is 1. The zero-order valence-electron chi connectivity index (χ0n) is 11.4. The third kappa shape index (κ3) is 3.57. The molecule has 1 N–H and O–H groups in total. The van der Waals surface area contributed by atoms with Crippen LogP contribution in [0.15, 0.2) is 30.6 Å². The summed E-state index contributed by atoms with van der Waals surface area (Å²) >= 11 is 5.72. The zero-order chi connectivity index (χ0) is 15.4. The van der Waals surface area contributed by atoms with Crippen LogP contribution in [0.5, 0.6) is 5.75 Å². The van der Waals surface area contributed by atoms with Crippen LogP contribution in [0.3, 0.4) is 0 Å². The van der Waals surface area contributed by atoms with Gasteiger partial charge in [0, 0.05) is 17.7 Å². The molecule has 21 heavy (non-hydrogen) atoms. The van der Waals surface area contributed by atoms with E-state index in [1.54, 1.807) is 6.07 Å². The fourth-order valence-electron chi connectivity index (χ4n) is 1.83. The number of nitrogens with zero attached hydrogens (tertiary/aromatic N) is 3. The van der Waals surface area contributed by atoms with Gasteiger partial charge in [-0.05, 0) is 13.0 Å². The number of aromatic nitrogens is 2. The molecule has 0 bridgehead atoms. The average molecular weight is 309 g/mol. The molecule has 2 aromatic rings. The number of nitrogens with one attached hydrogen (secondary N) is 1. The summed E-state index contributed by atoms with van der Waals surface area (Å²) in [5, 5.41) is 14.4. The summed E-state index contributed by atoms with van der Waals surface area (Å²) in [6.45, 7) is 1.83. The van der Waals surface area contributed by atoms with Crippen LogP contribution in [0, 0.1) is 10.1 Å². The predicted molar refractivity (Wildman–Crippen MR) is 78.7 cm³/mol. The van der Waals surface area contributed by atoms with Crippen molar-refractivity contribution in [3.8, 4) is 5.75 Å². The van der Waals surface area contributed by atoms with Gasteiger partial charge in [0.25, 0.3) is 5.69 Å². The van der Waals surface area contributed by atoms with Crippen molar-refractivity contribution in [2.75, 3.05) is 12.4 Å². The van der Waals surface area contributed by atoms with Crippen molar-refractivity contribution in [2.45, 2.75) is 13.0 Å². The van der Waals surface area contributed by atoms with Crippen LogP contribution >= 0.6 is 11.6 Å². The molecule has 1 aromatic carbocycles. The summed E-state index contributed by atoms with van der Waals surface area (Å²) in [5.41, 5.74) is 0.640. The zero-order valence-corrected chi connectivity index (χ0v) is 12.2. The Labute approximate surface area is 126 Å². The fraction of sp³-hybridized carbons (Fsp3) is 0.231. The molecule has 8 heteroatoms. The van der Waals surface area contributed by atoms with E-state index in [4.69, 9.17) is 16.3 Å². The van der Waals surface area contributed by atoms with E-state index < -0.39 is 4.92 Å². The van der Waals surface area contributed by atoms with Crippen LogP contribution < -0.4 is 10.1 Å². The molecule has 1 atom stereocenters. The summed E-state index contributed by atoms with van der Waals surface area (Å²) in [6, 6.07) is 4.15. The number of nitro benzene ring substituents is 1. The number of hydrogen-bond donors (Lipinski definition) is 1. The summed E-state index contributed by atoms with van der Waals surface area (Å²) in [7, 11) is 1.51. The molecule has 0 amide bonds. The van der Waals surface area contributed by atoms with Gasteiger partial charge in [-0.3, -0.25) is 10.1 Å². The topological polar surface area (TPSA) is 90.2 Å². The van der Waals surface area contributed by atoms with Crippen LogP contribution in [0.25, 0.3) is 0 Å². The normalized spacial score (nSPS) is 11.8. The summed E-state index contributed by atoms with van der Waals surface area (Å²) in [6.07, 6.45) is 2.93. The molecule has 0 aliphatic carbocycles. The second-order valence-corrected chi connectivity index (χ2v) is 4.71. The van der Waals surface area contributed by atoms with E-state index in [9.17, 15) is 10.1 Å². The van der Waals surface area contributed by atoms with Gasteiger partial charge >= 0.3 is 0 Å². The summed E-state index contributed by atoms with van der Waals surface area (Å²) < 4.78 is 5.23. The third-order valence-corrected chi connectivity index (χ3v) is 3.05. The summed E-state index contributed by atoms with van der Waals surface area (Å²) in [5.74, 6) is 0.926. The SMILES string of the molecule is COc1ccc([N+](=O)[O-])cc1[C@H](C)Nc1ncc(Cl)cn1. The molecule has 0 saturated carbocycles. The van der Waals surface area contributed by atoms with Gasteiger partial charge in [-0.25, -0.2) is 9.97 Å². The Balaban J connectivity index is 2.28. The smallest absolute Gasteiger partial charge is 0.270 e. The number of anilines is 1. The van der Waals surface area contributed by atoms with Crippen molar-refractivity contribution < 1.29 is 9.66 Å². The maximum Gasteiger partial charge on any atom is 0.270 e. The second kappa shape index (κ2) is 6.36. The van der Waals surface area contributed by atoms with Gasteiger partial charge in [0.2, 0.25) is 5.95 Å². The highest BCUT2D eigenvalue weighted by molar-refractivity contribution is 6.30. The van der Waals surface area contributed by atoms with Crippen molar-refractivity contribution >= 4 is 23.2 Å². The molecule has 0 saturated heterocycles. The molecule has 1 aromatic heterocycles. The minimum absolute atomic E-state index is 0.00326. The Bertz CT molecular complexity index is 648. The van der Waals surface area contributed by atoms with Gasteiger partial charge in [0.05, 0.1) is 35.5 Å². The number of ether oxygens (including phenoxy) is 1. The van der Waals surface area contributed by atoms with E-state index in [1.807, 2.05) is 6.92 Å². The molecule has 2 rings (SSSR count). The van der Waals surface area contributed by atoms with Gasteiger partial charge in [-0.15, -0.1) is 0 Å². The maximum absolute atomic E-state index is 10.9. The van der Waals surface area contributed by atoms with Crippen LogP contribution in [-0.2, 0) is 0 Å². The van der Waals surface area contributed by atoms with E-state index in [0.29, 0.717) is 22.3 Å². The van der Waals surface area contributed by atoms with Crippen molar-refractivity contribution in [1.29, 1.82) is 0 Å². The maximum atomic E-state index is 10.9. The van der Waals surface area contributed by atoms with Gasteiger partial charge < -0.3 is 10.1 Å². The van der Waals surface area contributed by atoms with Crippen molar-refractivity contribution in [3.05, 3.63) is 51.3 Å². The quantitative estimate of drug-likeness (QED) is 0.673. The molecule has 0 unspecified atom stereocenters. The number of methoxy groups -OCH3 is 1. The molecule has 0 aliphatic heterocycles. The molecule has 0 fully saturated rings. The molecule has 0 aliphatic rings. The van der Waals surface area contributed by atoms with Crippen LogP contribution in [0.1, 0.15) is 18.5 Å². The van der Waals surface area contributed by atoms with E-state index in [2.05, 4.69) is 15.3 Å². The highest BCUT2D eigenvalue weighted by Crippen LogP contribution is 2.30. The lowest BCUT2D eigenvalue weighted by atomic mass is 10.1. The molecular weight excluding hydrogens is 296 g/mol. The Morgan fingerprint density at radius 2 is 2.05 bits per heavy atom. The Kier molecular flexibility index (Phi) is 4.54. The van der Waals surface area contributed by atoms with Gasteiger partial charge in [-0.1, -0.05) is 11.6 Å². The van der Waals surface area contributed by atoms with Crippen LogP contribution in [0.2, 0.25) is 5.02 Å². The molecule has 7 nitrogen and oxygen atoms in total.